The Balaban J connectivity index is 1.72. The standard InChI is InChI=1S/C15H23N3O/c1-12(9-14-11-16-7-8-17-14)18-15(19)10-13-5-3-2-4-6-13/h7-8,11-13H,2-6,9-10H2,1H3,(H,18,19). The summed E-state index contributed by atoms with van der Waals surface area (Å²) >= 11 is 0. The molecule has 0 radical (unpaired) electrons. The molecule has 0 aliphatic heterocycles. The molecule has 1 amide bonds. The fourth-order valence-corrected chi connectivity index (χ4v) is 2.79. The molecule has 1 aliphatic rings. The number of hydrogen-bond acceptors (Lipinski definition) is 3. The van der Waals surface area contributed by atoms with Crippen LogP contribution in [0.25, 0.3) is 0 Å². The van der Waals surface area contributed by atoms with Gasteiger partial charge in [-0.25, -0.2) is 0 Å². The van der Waals surface area contributed by atoms with Crippen LogP contribution in [0.15, 0.2) is 18.6 Å². The SMILES string of the molecule is CC(Cc1cnccn1)NC(=O)CC1CCCCC1. The molecule has 0 spiro atoms. The quantitative estimate of drug-likeness (QED) is 0.886. The minimum Gasteiger partial charge on any atom is -0.353 e. The zero-order valence-corrected chi connectivity index (χ0v) is 11.6. The number of amides is 1. The molecule has 1 heterocycles. The van der Waals surface area contributed by atoms with Crippen molar-refractivity contribution in [3.05, 3.63) is 24.3 Å². The van der Waals surface area contributed by atoms with Crippen LogP contribution in [0.2, 0.25) is 0 Å². The topological polar surface area (TPSA) is 54.9 Å². The largest absolute Gasteiger partial charge is 0.353 e. The summed E-state index contributed by atoms with van der Waals surface area (Å²) in [6.07, 6.45) is 12.9. The first-order valence-electron chi connectivity index (χ1n) is 7.28. The molecule has 4 nitrogen and oxygen atoms in total. The Morgan fingerprint density at radius 1 is 1.37 bits per heavy atom. The van der Waals surface area contributed by atoms with Gasteiger partial charge in [0, 0.05) is 37.5 Å². The Hall–Kier alpha value is -1.45. The van der Waals surface area contributed by atoms with E-state index in [4.69, 9.17) is 0 Å². The molecule has 1 aliphatic carbocycles. The number of nitrogens with one attached hydrogen (secondary N) is 1. The lowest BCUT2D eigenvalue weighted by atomic mass is 9.87. The summed E-state index contributed by atoms with van der Waals surface area (Å²) in [5.41, 5.74) is 0.924. The van der Waals surface area contributed by atoms with Crippen molar-refractivity contribution in [1.82, 2.24) is 15.3 Å². The fraction of sp³-hybridized carbons (Fsp3) is 0.667. The second-order valence-electron chi connectivity index (χ2n) is 5.58. The summed E-state index contributed by atoms with van der Waals surface area (Å²) in [5.74, 6) is 0.778. The Bertz CT molecular complexity index is 388. The molecule has 2 rings (SSSR count). The molecular weight excluding hydrogens is 238 g/mol. The highest BCUT2D eigenvalue weighted by Gasteiger charge is 2.18. The van der Waals surface area contributed by atoms with Crippen molar-refractivity contribution in [3.8, 4) is 0 Å². The third-order valence-corrected chi connectivity index (χ3v) is 3.74. The molecule has 1 aromatic heterocycles. The first-order chi connectivity index (χ1) is 9.24. The highest BCUT2D eigenvalue weighted by Crippen LogP contribution is 2.26. The molecule has 1 saturated carbocycles. The molecule has 19 heavy (non-hydrogen) atoms. The Morgan fingerprint density at radius 2 is 2.16 bits per heavy atom. The maximum absolute atomic E-state index is 12.0. The fourth-order valence-electron chi connectivity index (χ4n) is 2.79. The second kappa shape index (κ2) is 7.22. The lowest BCUT2D eigenvalue weighted by Gasteiger charge is -2.22. The van der Waals surface area contributed by atoms with Crippen molar-refractivity contribution >= 4 is 5.91 Å². The maximum Gasteiger partial charge on any atom is 0.220 e. The Morgan fingerprint density at radius 3 is 2.84 bits per heavy atom. The molecule has 0 aromatic carbocycles. The number of rotatable bonds is 5. The average Bonchev–Trinajstić information content (AvgIpc) is 2.40. The van der Waals surface area contributed by atoms with Crippen LogP contribution >= 0.6 is 0 Å². The minimum atomic E-state index is 0.118. The normalized spacial score (nSPS) is 17.9. The van der Waals surface area contributed by atoms with Crippen LogP contribution in [-0.4, -0.2) is 21.9 Å². The van der Waals surface area contributed by atoms with E-state index in [1.165, 1.54) is 32.1 Å². The molecule has 0 bridgehead atoms. The van der Waals surface area contributed by atoms with Crippen molar-refractivity contribution in [3.63, 3.8) is 0 Å². The van der Waals surface area contributed by atoms with E-state index in [-0.39, 0.29) is 11.9 Å². The van der Waals surface area contributed by atoms with Crippen LogP contribution in [0.5, 0.6) is 0 Å². The lowest BCUT2D eigenvalue weighted by molar-refractivity contribution is -0.122. The third-order valence-electron chi connectivity index (χ3n) is 3.74. The van der Waals surface area contributed by atoms with Crippen molar-refractivity contribution in [2.24, 2.45) is 5.92 Å². The van der Waals surface area contributed by atoms with Gasteiger partial charge in [0.25, 0.3) is 0 Å². The van der Waals surface area contributed by atoms with Crippen molar-refractivity contribution in [2.45, 2.75) is 57.9 Å². The van der Waals surface area contributed by atoms with E-state index in [0.717, 1.165) is 12.1 Å². The molecule has 0 saturated heterocycles. The maximum atomic E-state index is 12.0. The van der Waals surface area contributed by atoms with E-state index in [2.05, 4.69) is 15.3 Å². The van der Waals surface area contributed by atoms with Crippen molar-refractivity contribution in [1.29, 1.82) is 0 Å². The van der Waals surface area contributed by atoms with E-state index in [9.17, 15) is 4.79 Å². The van der Waals surface area contributed by atoms with E-state index >= 15 is 0 Å². The van der Waals surface area contributed by atoms with Gasteiger partial charge in [0.05, 0.1) is 5.69 Å². The number of carbonyl (C=O) groups excluding carboxylic acids is 1. The number of carbonyl (C=O) groups is 1. The Kier molecular flexibility index (Phi) is 5.31. The molecule has 1 aromatic rings. The molecule has 1 unspecified atom stereocenters. The summed E-state index contributed by atoms with van der Waals surface area (Å²) in [6, 6.07) is 0.118. The van der Waals surface area contributed by atoms with Crippen LogP contribution in [0.3, 0.4) is 0 Å². The van der Waals surface area contributed by atoms with Crippen LogP contribution < -0.4 is 5.32 Å². The zero-order valence-electron chi connectivity index (χ0n) is 11.6. The number of aromatic nitrogens is 2. The average molecular weight is 261 g/mol. The molecule has 104 valence electrons. The van der Waals surface area contributed by atoms with E-state index in [0.29, 0.717) is 12.3 Å². The molecule has 4 heteroatoms. The Labute approximate surface area is 115 Å². The monoisotopic (exact) mass is 261 g/mol. The summed E-state index contributed by atoms with van der Waals surface area (Å²) < 4.78 is 0. The van der Waals surface area contributed by atoms with Gasteiger partial charge in [0.1, 0.15) is 0 Å². The van der Waals surface area contributed by atoms with Gasteiger partial charge in [-0.05, 0) is 25.7 Å². The van der Waals surface area contributed by atoms with Crippen LogP contribution in [0.1, 0.15) is 51.1 Å². The minimum absolute atomic E-state index is 0.118. The smallest absolute Gasteiger partial charge is 0.220 e. The summed E-state index contributed by atoms with van der Waals surface area (Å²) in [5, 5.41) is 3.07. The van der Waals surface area contributed by atoms with Crippen LogP contribution in [0, 0.1) is 5.92 Å². The first kappa shape index (κ1) is 14.0. The summed E-state index contributed by atoms with van der Waals surface area (Å²) in [7, 11) is 0. The van der Waals surface area contributed by atoms with Gasteiger partial charge in [-0.3, -0.25) is 14.8 Å². The van der Waals surface area contributed by atoms with E-state index in [1.54, 1.807) is 18.6 Å². The van der Waals surface area contributed by atoms with Crippen molar-refractivity contribution in [2.75, 3.05) is 0 Å². The van der Waals surface area contributed by atoms with Gasteiger partial charge < -0.3 is 5.32 Å². The van der Waals surface area contributed by atoms with Gasteiger partial charge in [-0.1, -0.05) is 19.3 Å². The van der Waals surface area contributed by atoms with Gasteiger partial charge in [0.15, 0.2) is 0 Å². The molecular formula is C15H23N3O. The van der Waals surface area contributed by atoms with E-state index in [1.807, 2.05) is 6.92 Å². The zero-order chi connectivity index (χ0) is 13.5. The summed E-state index contributed by atoms with van der Waals surface area (Å²) in [4.78, 5) is 20.2. The van der Waals surface area contributed by atoms with Gasteiger partial charge in [-0.2, -0.15) is 0 Å². The predicted molar refractivity (Wildman–Crippen MR) is 74.5 cm³/mol. The second-order valence-corrected chi connectivity index (χ2v) is 5.58. The first-order valence-corrected chi connectivity index (χ1v) is 7.28. The van der Waals surface area contributed by atoms with E-state index < -0.39 is 0 Å². The van der Waals surface area contributed by atoms with Crippen LogP contribution in [0.4, 0.5) is 0 Å². The highest BCUT2D eigenvalue weighted by atomic mass is 16.1. The van der Waals surface area contributed by atoms with Crippen LogP contribution in [-0.2, 0) is 11.2 Å². The lowest BCUT2D eigenvalue weighted by Crippen LogP contribution is -2.35. The molecule has 1 fully saturated rings. The predicted octanol–water partition coefficient (Wildman–Crippen LogP) is 2.49. The molecule has 1 atom stereocenters. The molecule has 1 N–H and O–H groups in total. The third kappa shape index (κ3) is 4.97. The van der Waals surface area contributed by atoms with Crippen molar-refractivity contribution < 1.29 is 4.79 Å². The van der Waals surface area contributed by atoms with Gasteiger partial charge in [-0.15, -0.1) is 0 Å². The summed E-state index contributed by atoms with van der Waals surface area (Å²) in [6.45, 7) is 2.02. The van der Waals surface area contributed by atoms with Gasteiger partial charge in [0.2, 0.25) is 5.91 Å². The number of hydrogen-bond donors (Lipinski definition) is 1. The highest BCUT2D eigenvalue weighted by molar-refractivity contribution is 5.76. The van der Waals surface area contributed by atoms with Gasteiger partial charge >= 0.3 is 0 Å². The number of nitrogens with zero attached hydrogens (tertiary/aromatic N) is 2.